The van der Waals surface area contributed by atoms with Crippen molar-refractivity contribution < 1.29 is 9.59 Å². The van der Waals surface area contributed by atoms with E-state index in [0.717, 1.165) is 5.69 Å². The van der Waals surface area contributed by atoms with E-state index < -0.39 is 0 Å². The molecule has 0 saturated heterocycles. The molecule has 3 aromatic rings. The van der Waals surface area contributed by atoms with Gasteiger partial charge in [0.05, 0.1) is 5.56 Å². The Bertz CT molecular complexity index is 880. The van der Waals surface area contributed by atoms with E-state index in [1.54, 1.807) is 60.4 Å². The second-order valence-electron chi connectivity index (χ2n) is 5.41. The fraction of sp³-hybridized carbons (Fsp3) is 0.111. The Labute approximate surface area is 139 Å². The van der Waals surface area contributed by atoms with Crippen molar-refractivity contribution in [3.05, 3.63) is 77.6 Å². The van der Waals surface area contributed by atoms with Crippen LogP contribution in [0.1, 0.15) is 32.2 Å². The Morgan fingerprint density at radius 3 is 2.29 bits per heavy atom. The first-order valence-electron chi connectivity index (χ1n) is 7.40. The summed E-state index contributed by atoms with van der Waals surface area (Å²) in [6, 6.07) is 10.2. The van der Waals surface area contributed by atoms with Crippen LogP contribution in [0.5, 0.6) is 0 Å². The molecule has 1 amide bonds. The second-order valence-corrected chi connectivity index (χ2v) is 5.41. The zero-order valence-corrected chi connectivity index (χ0v) is 13.4. The zero-order chi connectivity index (χ0) is 17.1. The van der Waals surface area contributed by atoms with Crippen molar-refractivity contribution >= 4 is 17.4 Å². The molecule has 0 spiro atoms. The average Bonchev–Trinajstić information content (AvgIpc) is 3.01. The molecule has 1 N–H and O–H groups in total. The second kappa shape index (κ2) is 6.45. The summed E-state index contributed by atoms with van der Waals surface area (Å²) < 4.78 is 1.67. The monoisotopic (exact) mass is 320 g/mol. The molecule has 6 nitrogen and oxygen atoms in total. The lowest BCUT2D eigenvalue weighted by molar-refractivity contribution is 0.102. The summed E-state index contributed by atoms with van der Waals surface area (Å²) in [6.07, 6.45) is 4.83. The van der Waals surface area contributed by atoms with Crippen molar-refractivity contribution in [2.24, 2.45) is 7.05 Å². The molecule has 2 aromatic heterocycles. The molecular formula is C18H16N4O2. The molecule has 1 aromatic carbocycles. The van der Waals surface area contributed by atoms with Gasteiger partial charge in [0.1, 0.15) is 0 Å². The molecule has 0 saturated carbocycles. The van der Waals surface area contributed by atoms with E-state index in [9.17, 15) is 9.59 Å². The first kappa shape index (κ1) is 15.6. The normalized spacial score (nSPS) is 10.4. The maximum atomic E-state index is 12.3. The van der Waals surface area contributed by atoms with Crippen LogP contribution in [0.2, 0.25) is 0 Å². The predicted molar refractivity (Wildman–Crippen MR) is 90.0 cm³/mol. The zero-order valence-electron chi connectivity index (χ0n) is 13.4. The number of hydrogen-bond donors (Lipinski definition) is 1. The lowest BCUT2D eigenvalue weighted by Gasteiger charge is -2.06. The highest BCUT2D eigenvalue weighted by atomic mass is 16.1. The third-order valence-corrected chi connectivity index (χ3v) is 3.60. The van der Waals surface area contributed by atoms with Crippen molar-refractivity contribution in [1.82, 2.24) is 14.5 Å². The number of rotatable bonds is 4. The lowest BCUT2D eigenvalue weighted by atomic mass is 10.1. The topological polar surface area (TPSA) is 76.9 Å². The van der Waals surface area contributed by atoms with Gasteiger partial charge in [-0.05, 0) is 43.3 Å². The van der Waals surface area contributed by atoms with E-state index in [1.165, 1.54) is 6.20 Å². The summed E-state index contributed by atoms with van der Waals surface area (Å²) in [6.45, 7) is 1.86. The number of hydrogen-bond acceptors (Lipinski definition) is 4. The van der Waals surface area contributed by atoms with E-state index in [0.29, 0.717) is 22.6 Å². The summed E-state index contributed by atoms with van der Waals surface area (Å²) in [4.78, 5) is 32.6. The Morgan fingerprint density at radius 2 is 1.71 bits per heavy atom. The fourth-order valence-electron chi connectivity index (χ4n) is 2.22. The van der Waals surface area contributed by atoms with Crippen molar-refractivity contribution in [1.29, 1.82) is 0 Å². The van der Waals surface area contributed by atoms with Crippen molar-refractivity contribution in [3.8, 4) is 0 Å². The number of carbonyl (C=O) groups excluding carboxylic acids is 2. The largest absolute Gasteiger partial charge is 0.331 e. The third-order valence-electron chi connectivity index (χ3n) is 3.60. The molecule has 0 unspecified atom stereocenters. The highest BCUT2D eigenvalue weighted by Gasteiger charge is 2.14. The summed E-state index contributed by atoms with van der Waals surface area (Å²) in [5.74, 6) is -0.0358. The summed E-state index contributed by atoms with van der Waals surface area (Å²) in [7, 11) is 1.77. The Hall–Kier alpha value is -3.28. The smallest absolute Gasteiger partial charge is 0.257 e. The number of ketones is 1. The highest BCUT2D eigenvalue weighted by molar-refractivity contribution is 6.07. The molecule has 0 aliphatic carbocycles. The maximum Gasteiger partial charge on any atom is 0.257 e. The summed E-state index contributed by atoms with van der Waals surface area (Å²) in [5, 5.41) is 2.78. The minimum absolute atomic E-state index is 0.164. The van der Waals surface area contributed by atoms with Gasteiger partial charge in [0, 0.05) is 42.6 Å². The van der Waals surface area contributed by atoms with E-state index in [-0.39, 0.29) is 11.7 Å². The molecule has 120 valence electrons. The van der Waals surface area contributed by atoms with E-state index in [4.69, 9.17) is 0 Å². The SMILES string of the molecule is Cc1ccc(C(=O)Nc2ccc(C(=O)c3nccn3C)cc2)cn1. The van der Waals surface area contributed by atoms with Crippen LogP contribution in [0.25, 0.3) is 0 Å². The number of nitrogens with one attached hydrogen (secondary N) is 1. The van der Waals surface area contributed by atoms with Crippen LogP contribution in [0.15, 0.2) is 55.0 Å². The van der Waals surface area contributed by atoms with Crippen molar-refractivity contribution in [3.63, 3.8) is 0 Å². The number of imidazole rings is 1. The lowest BCUT2D eigenvalue weighted by Crippen LogP contribution is -2.13. The number of aromatic nitrogens is 3. The highest BCUT2D eigenvalue weighted by Crippen LogP contribution is 2.14. The molecule has 2 heterocycles. The maximum absolute atomic E-state index is 12.3. The van der Waals surface area contributed by atoms with Crippen LogP contribution in [0.3, 0.4) is 0 Å². The van der Waals surface area contributed by atoms with Gasteiger partial charge in [-0.1, -0.05) is 0 Å². The van der Waals surface area contributed by atoms with Crippen molar-refractivity contribution in [2.75, 3.05) is 5.32 Å². The molecular weight excluding hydrogens is 304 g/mol. The average molecular weight is 320 g/mol. The van der Waals surface area contributed by atoms with Crippen LogP contribution in [-0.4, -0.2) is 26.2 Å². The van der Waals surface area contributed by atoms with Gasteiger partial charge in [0.25, 0.3) is 5.91 Å². The van der Waals surface area contributed by atoms with Gasteiger partial charge < -0.3 is 9.88 Å². The van der Waals surface area contributed by atoms with Crippen LogP contribution in [0, 0.1) is 6.92 Å². The minimum atomic E-state index is -0.245. The fourth-order valence-corrected chi connectivity index (χ4v) is 2.22. The molecule has 0 aliphatic heterocycles. The van der Waals surface area contributed by atoms with Gasteiger partial charge in [-0.15, -0.1) is 0 Å². The molecule has 6 heteroatoms. The van der Waals surface area contributed by atoms with Gasteiger partial charge in [0.15, 0.2) is 5.82 Å². The molecule has 0 atom stereocenters. The Balaban J connectivity index is 1.73. The molecule has 3 rings (SSSR count). The van der Waals surface area contributed by atoms with Gasteiger partial charge in [-0.2, -0.15) is 0 Å². The molecule has 0 fully saturated rings. The van der Waals surface area contributed by atoms with Gasteiger partial charge in [-0.25, -0.2) is 4.98 Å². The van der Waals surface area contributed by atoms with Gasteiger partial charge in [-0.3, -0.25) is 14.6 Å². The third kappa shape index (κ3) is 3.22. The van der Waals surface area contributed by atoms with Crippen LogP contribution < -0.4 is 5.32 Å². The molecule has 0 radical (unpaired) electrons. The Morgan fingerprint density at radius 1 is 1.00 bits per heavy atom. The van der Waals surface area contributed by atoms with Crippen LogP contribution in [-0.2, 0) is 7.05 Å². The van der Waals surface area contributed by atoms with Gasteiger partial charge in [0.2, 0.25) is 5.78 Å². The van der Waals surface area contributed by atoms with Gasteiger partial charge >= 0.3 is 0 Å². The van der Waals surface area contributed by atoms with E-state index in [1.807, 2.05) is 6.92 Å². The number of nitrogens with zero attached hydrogens (tertiary/aromatic N) is 3. The first-order valence-corrected chi connectivity index (χ1v) is 7.40. The number of pyridine rings is 1. The summed E-state index contributed by atoms with van der Waals surface area (Å²) >= 11 is 0. The number of carbonyl (C=O) groups is 2. The standard InChI is InChI=1S/C18H16N4O2/c1-12-3-4-14(11-20-12)18(24)21-15-7-5-13(6-8-15)16(23)17-19-9-10-22(17)2/h3-11H,1-2H3,(H,21,24). The minimum Gasteiger partial charge on any atom is -0.331 e. The first-order chi connectivity index (χ1) is 11.5. The number of anilines is 1. The number of aryl methyl sites for hydroxylation is 2. The van der Waals surface area contributed by atoms with E-state index in [2.05, 4.69) is 15.3 Å². The predicted octanol–water partition coefficient (Wildman–Crippen LogP) is 2.61. The van der Waals surface area contributed by atoms with Crippen LogP contribution >= 0.6 is 0 Å². The molecule has 0 aliphatic rings. The molecule has 24 heavy (non-hydrogen) atoms. The summed E-state index contributed by atoms with van der Waals surface area (Å²) in [5.41, 5.74) is 2.45. The van der Waals surface area contributed by atoms with Crippen molar-refractivity contribution in [2.45, 2.75) is 6.92 Å². The number of benzene rings is 1. The molecule has 0 bridgehead atoms. The van der Waals surface area contributed by atoms with E-state index >= 15 is 0 Å². The van der Waals surface area contributed by atoms with Crippen LogP contribution in [0.4, 0.5) is 5.69 Å². The number of amides is 1. The quantitative estimate of drug-likeness (QED) is 0.750. The Kier molecular flexibility index (Phi) is 4.20.